The Kier molecular flexibility index (Phi) is 6.05. The second-order valence-electron chi connectivity index (χ2n) is 5.29. The zero-order valence-electron chi connectivity index (χ0n) is 14.0. The number of hydrogen-bond acceptors (Lipinski definition) is 4. The highest BCUT2D eigenvalue weighted by atomic mass is 19.1. The summed E-state index contributed by atoms with van der Waals surface area (Å²) < 4.78 is 19.2. The molecule has 0 bridgehead atoms. The monoisotopic (exact) mass is 346 g/mol. The van der Waals surface area contributed by atoms with E-state index in [9.17, 15) is 19.3 Å². The lowest BCUT2D eigenvalue weighted by molar-refractivity contribution is -0.386. The second-order valence-corrected chi connectivity index (χ2v) is 5.29. The molecular weight excluding hydrogens is 327 g/mol. The average Bonchev–Trinajstić information content (AvgIpc) is 2.61. The van der Waals surface area contributed by atoms with Gasteiger partial charge in [-0.2, -0.15) is 0 Å². The lowest BCUT2D eigenvalue weighted by Gasteiger charge is -2.26. The van der Waals surface area contributed by atoms with E-state index in [0.717, 1.165) is 18.2 Å². The van der Waals surface area contributed by atoms with Crippen LogP contribution < -0.4 is 4.74 Å². The molecule has 0 heterocycles. The highest BCUT2D eigenvalue weighted by molar-refractivity contribution is 5.82. The summed E-state index contributed by atoms with van der Waals surface area (Å²) in [5, 5.41) is 11.2. The number of hydrogen-bond donors (Lipinski definition) is 0. The smallest absolute Gasteiger partial charge is 0.311 e. The third kappa shape index (κ3) is 4.32. The van der Waals surface area contributed by atoms with E-state index in [1.54, 1.807) is 35.2 Å². The van der Waals surface area contributed by atoms with E-state index in [-0.39, 0.29) is 11.7 Å². The molecule has 6 nitrogen and oxygen atoms in total. The van der Waals surface area contributed by atoms with Crippen LogP contribution in [0.3, 0.4) is 0 Å². The summed E-state index contributed by atoms with van der Waals surface area (Å²) in [6.45, 7) is 4.59. The van der Waals surface area contributed by atoms with Gasteiger partial charge in [0, 0.05) is 30.8 Å². The minimum atomic E-state index is -1.10. The van der Waals surface area contributed by atoms with Gasteiger partial charge >= 0.3 is 5.69 Å². The van der Waals surface area contributed by atoms with Gasteiger partial charge in [0.05, 0.1) is 4.92 Å². The Bertz CT molecular complexity index is 748. The Hall–Kier alpha value is -2.96. The highest BCUT2D eigenvalue weighted by Crippen LogP contribution is 2.32. The van der Waals surface area contributed by atoms with E-state index in [2.05, 4.69) is 0 Å². The predicted molar refractivity (Wildman–Crippen MR) is 90.8 cm³/mol. The van der Waals surface area contributed by atoms with E-state index in [0.29, 0.717) is 18.7 Å². The van der Waals surface area contributed by atoms with Gasteiger partial charge in [0.25, 0.3) is 5.91 Å². The SMILES string of the molecule is CCN(CC)C(=O)C(Oc1cc(F)ccc1[N+](=O)[O-])c1ccccc1. The van der Waals surface area contributed by atoms with Gasteiger partial charge in [-0.25, -0.2) is 4.39 Å². The number of benzene rings is 2. The minimum Gasteiger partial charge on any atom is -0.468 e. The molecule has 7 heteroatoms. The van der Waals surface area contributed by atoms with Crippen LogP contribution in [0.1, 0.15) is 25.5 Å². The fraction of sp³-hybridized carbons (Fsp3) is 0.278. The van der Waals surface area contributed by atoms with Crippen molar-refractivity contribution < 1.29 is 18.8 Å². The Morgan fingerprint density at radius 3 is 2.40 bits per heavy atom. The number of likely N-dealkylation sites (N-methyl/N-ethyl adjacent to an activating group) is 1. The van der Waals surface area contributed by atoms with Gasteiger partial charge in [-0.15, -0.1) is 0 Å². The fourth-order valence-corrected chi connectivity index (χ4v) is 2.45. The van der Waals surface area contributed by atoms with Crippen LogP contribution in [-0.4, -0.2) is 28.8 Å². The van der Waals surface area contributed by atoms with Crippen molar-refractivity contribution in [2.75, 3.05) is 13.1 Å². The van der Waals surface area contributed by atoms with Crippen LogP contribution in [0.5, 0.6) is 5.75 Å². The molecular formula is C18H19FN2O4. The van der Waals surface area contributed by atoms with Crippen molar-refractivity contribution in [1.29, 1.82) is 0 Å². The van der Waals surface area contributed by atoms with E-state index in [4.69, 9.17) is 4.74 Å². The molecule has 25 heavy (non-hydrogen) atoms. The summed E-state index contributed by atoms with van der Waals surface area (Å²) in [5.41, 5.74) is 0.146. The van der Waals surface area contributed by atoms with Crippen molar-refractivity contribution in [1.82, 2.24) is 4.90 Å². The maximum atomic E-state index is 13.6. The molecule has 0 aliphatic carbocycles. The van der Waals surface area contributed by atoms with Gasteiger partial charge in [-0.3, -0.25) is 14.9 Å². The molecule has 0 aliphatic rings. The summed E-state index contributed by atoms with van der Waals surface area (Å²) in [6.07, 6.45) is -1.10. The Morgan fingerprint density at radius 2 is 1.84 bits per heavy atom. The standard InChI is InChI=1S/C18H19FN2O4/c1-3-20(4-2)18(22)17(13-8-6-5-7-9-13)25-16-12-14(19)10-11-15(16)21(23)24/h5-12,17H,3-4H2,1-2H3. The van der Waals surface area contributed by atoms with Gasteiger partial charge in [0.15, 0.2) is 0 Å². The van der Waals surface area contributed by atoms with E-state index < -0.39 is 22.5 Å². The van der Waals surface area contributed by atoms with Crippen LogP contribution in [0.4, 0.5) is 10.1 Å². The minimum absolute atomic E-state index is 0.278. The van der Waals surface area contributed by atoms with Crippen molar-refractivity contribution >= 4 is 11.6 Å². The normalized spacial score (nSPS) is 11.6. The number of amides is 1. The van der Waals surface area contributed by atoms with Crippen LogP contribution >= 0.6 is 0 Å². The lowest BCUT2D eigenvalue weighted by atomic mass is 10.1. The van der Waals surface area contributed by atoms with Crippen molar-refractivity contribution in [2.45, 2.75) is 20.0 Å². The Morgan fingerprint density at radius 1 is 1.20 bits per heavy atom. The Labute approximate surface area is 145 Å². The zero-order chi connectivity index (χ0) is 18.4. The first kappa shape index (κ1) is 18.4. The van der Waals surface area contributed by atoms with Crippen molar-refractivity contribution in [3.05, 3.63) is 70.0 Å². The number of ether oxygens (including phenoxy) is 1. The van der Waals surface area contributed by atoms with Crippen LogP contribution in [0, 0.1) is 15.9 Å². The maximum absolute atomic E-state index is 13.6. The molecule has 2 rings (SSSR count). The number of halogens is 1. The quantitative estimate of drug-likeness (QED) is 0.566. The molecule has 1 unspecified atom stereocenters. The number of nitrogens with zero attached hydrogens (tertiary/aromatic N) is 2. The summed E-state index contributed by atoms with van der Waals surface area (Å²) in [6, 6.07) is 11.6. The first-order chi connectivity index (χ1) is 12.0. The molecule has 0 aromatic heterocycles. The molecule has 0 fully saturated rings. The third-order valence-electron chi connectivity index (χ3n) is 3.77. The van der Waals surface area contributed by atoms with E-state index >= 15 is 0 Å². The summed E-state index contributed by atoms with van der Waals surface area (Å²) in [4.78, 5) is 24.9. The molecule has 0 aliphatic heterocycles. The van der Waals surface area contributed by atoms with Crippen LogP contribution in [0.25, 0.3) is 0 Å². The number of nitro benzene ring substituents is 1. The van der Waals surface area contributed by atoms with Crippen molar-refractivity contribution in [3.8, 4) is 5.75 Å². The van der Waals surface area contributed by atoms with Gasteiger partial charge in [-0.1, -0.05) is 30.3 Å². The zero-order valence-corrected chi connectivity index (χ0v) is 14.0. The molecule has 0 saturated carbocycles. The van der Waals surface area contributed by atoms with Crippen LogP contribution in [0.15, 0.2) is 48.5 Å². The number of carbonyl (C=O) groups excluding carboxylic acids is 1. The summed E-state index contributed by atoms with van der Waals surface area (Å²) in [5.74, 6) is -1.29. The van der Waals surface area contributed by atoms with Crippen LogP contribution in [-0.2, 0) is 4.79 Å². The highest BCUT2D eigenvalue weighted by Gasteiger charge is 2.29. The number of rotatable bonds is 7. The maximum Gasteiger partial charge on any atom is 0.311 e. The molecule has 1 amide bonds. The summed E-state index contributed by atoms with van der Waals surface area (Å²) in [7, 11) is 0. The molecule has 1 atom stereocenters. The first-order valence-corrected chi connectivity index (χ1v) is 7.92. The van der Waals surface area contributed by atoms with Gasteiger partial charge in [0.1, 0.15) is 5.82 Å². The van der Waals surface area contributed by atoms with Gasteiger partial charge < -0.3 is 9.64 Å². The third-order valence-corrected chi connectivity index (χ3v) is 3.77. The van der Waals surface area contributed by atoms with Crippen molar-refractivity contribution in [3.63, 3.8) is 0 Å². The fourth-order valence-electron chi connectivity index (χ4n) is 2.45. The lowest BCUT2D eigenvalue weighted by Crippen LogP contribution is -2.37. The van der Waals surface area contributed by atoms with E-state index in [1.807, 2.05) is 13.8 Å². The topological polar surface area (TPSA) is 72.7 Å². The average molecular weight is 346 g/mol. The predicted octanol–water partition coefficient (Wildman–Crippen LogP) is 3.72. The van der Waals surface area contributed by atoms with Gasteiger partial charge in [-0.05, 0) is 19.9 Å². The molecule has 2 aromatic carbocycles. The van der Waals surface area contributed by atoms with E-state index in [1.165, 1.54) is 0 Å². The molecule has 132 valence electrons. The largest absolute Gasteiger partial charge is 0.468 e. The molecule has 0 N–H and O–H groups in total. The molecule has 2 aromatic rings. The summed E-state index contributed by atoms with van der Waals surface area (Å²) >= 11 is 0. The molecule has 0 radical (unpaired) electrons. The number of carbonyl (C=O) groups is 1. The van der Waals surface area contributed by atoms with Gasteiger partial charge in [0.2, 0.25) is 11.9 Å². The van der Waals surface area contributed by atoms with Crippen molar-refractivity contribution in [2.24, 2.45) is 0 Å². The molecule has 0 spiro atoms. The first-order valence-electron chi connectivity index (χ1n) is 7.92. The second kappa shape index (κ2) is 8.23. The number of nitro groups is 1. The van der Waals surface area contributed by atoms with Crippen LogP contribution in [0.2, 0.25) is 0 Å². The molecule has 0 saturated heterocycles. The Balaban J connectivity index is 2.46.